The predicted octanol–water partition coefficient (Wildman–Crippen LogP) is 1.79. The first-order valence-corrected chi connectivity index (χ1v) is 10.4. The van der Waals surface area contributed by atoms with Crippen molar-refractivity contribution in [3.63, 3.8) is 0 Å². The molecule has 2 atom stereocenters. The molecule has 1 aromatic carbocycles. The molecule has 0 saturated carbocycles. The van der Waals surface area contributed by atoms with Crippen molar-refractivity contribution in [3.05, 3.63) is 35.4 Å². The number of alkyl halides is 2. The van der Waals surface area contributed by atoms with Gasteiger partial charge in [0, 0.05) is 71.2 Å². The summed E-state index contributed by atoms with van der Waals surface area (Å²) in [6, 6.07) is 8.60. The highest BCUT2D eigenvalue weighted by Crippen LogP contribution is 2.30. The number of hydrogen-bond acceptors (Lipinski definition) is 5. The third-order valence-electron chi connectivity index (χ3n) is 6.24. The van der Waals surface area contributed by atoms with Crippen molar-refractivity contribution in [1.82, 2.24) is 14.7 Å². The van der Waals surface area contributed by atoms with Crippen molar-refractivity contribution in [2.75, 3.05) is 52.5 Å². The number of rotatable bonds is 5. The maximum Gasteiger partial charge on any atom is 0.250 e. The smallest absolute Gasteiger partial charge is 0.250 e. The Morgan fingerprint density at radius 3 is 2.29 bits per heavy atom. The van der Waals surface area contributed by atoms with Gasteiger partial charge in [-0.25, -0.2) is 8.78 Å². The summed E-state index contributed by atoms with van der Waals surface area (Å²) in [6.07, 6.45) is -0.664. The molecule has 4 rings (SSSR count). The topological polar surface area (TPSA) is 39.2 Å². The van der Waals surface area contributed by atoms with Gasteiger partial charge in [0.25, 0.3) is 5.92 Å². The molecule has 3 fully saturated rings. The normalized spacial score (nSPS) is 30.0. The zero-order valence-electron chi connectivity index (χ0n) is 16.4. The van der Waals surface area contributed by atoms with Crippen molar-refractivity contribution in [1.29, 1.82) is 0 Å². The Bertz CT molecular complexity index is 644. The van der Waals surface area contributed by atoms with E-state index >= 15 is 0 Å². The lowest BCUT2D eigenvalue weighted by Gasteiger charge is -2.36. The summed E-state index contributed by atoms with van der Waals surface area (Å²) >= 11 is 0. The molecular weight excluding hydrogens is 364 g/mol. The van der Waals surface area contributed by atoms with Crippen LogP contribution in [0.3, 0.4) is 0 Å². The van der Waals surface area contributed by atoms with Gasteiger partial charge < -0.3 is 9.84 Å². The van der Waals surface area contributed by atoms with Gasteiger partial charge in [-0.1, -0.05) is 24.3 Å². The van der Waals surface area contributed by atoms with Gasteiger partial charge in [-0.2, -0.15) is 0 Å². The zero-order chi connectivity index (χ0) is 19.6. The maximum atomic E-state index is 13.4. The van der Waals surface area contributed by atoms with Crippen LogP contribution in [0.25, 0.3) is 0 Å². The fraction of sp³-hybridized carbons (Fsp3) is 0.714. The minimum atomic E-state index is -2.54. The summed E-state index contributed by atoms with van der Waals surface area (Å²) in [7, 11) is 0. The monoisotopic (exact) mass is 395 g/mol. The highest BCUT2D eigenvalue weighted by Gasteiger charge is 2.41. The zero-order valence-corrected chi connectivity index (χ0v) is 16.4. The largest absolute Gasteiger partial charge is 0.390 e. The number of aliphatic hydroxyl groups excluding tert-OH is 1. The Labute approximate surface area is 165 Å². The Hall–Kier alpha value is -1.12. The number of benzene rings is 1. The average molecular weight is 395 g/mol. The first-order valence-electron chi connectivity index (χ1n) is 10.4. The molecule has 0 aromatic heterocycles. The molecule has 0 amide bonds. The fourth-order valence-corrected chi connectivity index (χ4v) is 4.62. The molecule has 3 saturated heterocycles. The van der Waals surface area contributed by atoms with Crippen LogP contribution in [0.4, 0.5) is 8.78 Å². The van der Waals surface area contributed by atoms with Crippen LogP contribution in [0.5, 0.6) is 0 Å². The molecule has 3 aliphatic heterocycles. The molecule has 0 radical (unpaired) electrons. The number of halogens is 2. The highest BCUT2D eigenvalue weighted by molar-refractivity contribution is 5.23. The molecule has 0 unspecified atom stereocenters. The second-order valence-corrected chi connectivity index (χ2v) is 8.43. The van der Waals surface area contributed by atoms with Gasteiger partial charge in [-0.3, -0.25) is 14.7 Å². The van der Waals surface area contributed by atoms with E-state index in [-0.39, 0.29) is 18.9 Å². The molecule has 1 N–H and O–H groups in total. The van der Waals surface area contributed by atoms with Crippen LogP contribution in [0.2, 0.25) is 0 Å². The van der Waals surface area contributed by atoms with E-state index < -0.39 is 12.0 Å². The van der Waals surface area contributed by atoms with Gasteiger partial charge in [-0.05, 0) is 11.1 Å². The van der Waals surface area contributed by atoms with Crippen LogP contribution >= 0.6 is 0 Å². The molecular formula is C21H31F2N3O2. The summed E-state index contributed by atoms with van der Waals surface area (Å²) in [5.74, 6) is -2.54. The lowest BCUT2D eigenvalue weighted by Crippen LogP contribution is -2.49. The van der Waals surface area contributed by atoms with Gasteiger partial charge in [-0.15, -0.1) is 0 Å². The van der Waals surface area contributed by atoms with E-state index in [9.17, 15) is 13.9 Å². The summed E-state index contributed by atoms with van der Waals surface area (Å²) < 4.78 is 32.3. The van der Waals surface area contributed by atoms with E-state index in [4.69, 9.17) is 4.74 Å². The second kappa shape index (κ2) is 8.71. The third-order valence-corrected chi connectivity index (χ3v) is 6.24. The van der Waals surface area contributed by atoms with Crippen LogP contribution in [0.1, 0.15) is 24.0 Å². The molecule has 3 heterocycles. The van der Waals surface area contributed by atoms with Gasteiger partial charge in [0.15, 0.2) is 0 Å². The first kappa shape index (κ1) is 20.2. The van der Waals surface area contributed by atoms with Crippen molar-refractivity contribution in [2.24, 2.45) is 0 Å². The van der Waals surface area contributed by atoms with Gasteiger partial charge >= 0.3 is 0 Å². The Kier molecular flexibility index (Phi) is 6.27. The third kappa shape index (κ3) is 5.07. The quantitative estimate of drug-likeness (QED) is 0.823. The molecule has 0 aliphatic carbocycles. The number of morpholine rings is 1. The SMILES string of the molecule is O[C@H]1CN(Cc2cccc(CN3CCOCC3)c2)C[C@@H]1N1CCC(F)(F)CC1. The number of ether oxygens (including phenoxy) is 1. The van der Waals surface area contributed by atoms with Gasteiger partial charge in [0.2, 0.25) is 0 Å². The number of hydrogen-bond donors (Lipinski definition) is 1. The van der Waals surface area contributed by atoms with E-state index in [1.54, 1.807) is 0 Å². The van der Waals surface area contributed by atoms with E-state index in [1.807, 2.05) is 0 Å². The number of nitrogens with zero attached hydrogens (tertiary/aromatic N) is 3. The lowest BCUT2D eigenvalue weighted by atomic mass is 10.0. The maximum absolute atomic E-state index is 13.4. The predicted molar refractivity (Wildman–Crippen MR) is 103 cm³/mol. The van der Waals surface area contributed by atoms with Crippen LogP contribution in [0, 0.1) is 0 Å². The molecule has 28 heavy (non-hydrogen) atoms. The Morgan fingerprint density at radius 2 is 1.61 bits per heavy atom. The van der Waals surface area contributed by atoms with Gasteiger partial charge in [0.05, 0.1) is 19.3 Å². The van der Waals surface area contributed by atoms with Crippen LogP contribution in [0.15, 0.2) is 24.3 Å². The minimum absolute atomic E-state index is 0.0346. The molecule has 0 bridgehead atoms. The van der Waals surface area contributed by atoms with Crippen molar-refractivity contribution in [2.45, 2.75) is 44.0 Å². The number of likely N-dealkylation sites (tertiary alicyclic amines) is 2. The fourth-order valence-electron chi connectivity index (χ4n) is 4.62. The number of piperidine rings is 1. The molecule has 156 valence electrons. The molecule has 3 aliphatic rings. The summed E-state index contributed by atoms with van der Waals surface area (Å²) in [5.41, 5.74) is 2.54. The Morgan fingerprint density at radius 1 is 0.964 bits per heavy atom. The van der Waals surface area contributed by atoms with Crippen molar-refractivity contribution < 1.29 is 18.6 Å². The van der Waals surface area contributed by atoms with E-state index in [0.717, 1.165) is 45.9 Å². The number of β-amino-alcohol motifs (C(OH)–C–C–N with tert-alkyl or cyclic N) is 1. The van der Waals surface area contributed by atoms with Crippen molar-refractivity contribution >= 4 is 0 Å². The van der Waals surface area contributed by atoms with Gasteiger partial charge in [0.1, 0.15) is 0 Å². The molecule has 7 heteroatoms. The average Bonchev–Trinajstić information content (AvgIpc) is 3.03. The first-order chi connectivity index (χ1) is 13.5. The van der Waals surface area contributed by atoms with E-state index in [1.165, 1.54) is 11.1 Å². The molecule has 5 nitrogen and oxygen atoms in total. The highest BCUT2D eigenvalue weighted by atomic mass is 19.3. The molecule has 1 aromatic rings. The van der Waals surface area contributed by atoms with E-state index in [0.29, 0.717) is 19.6 Å². The van der Waals surface area contributed by atoms with Crippen LogP contribution in [-0.4, -0.2) is 90.4 Å². The lowest BCUT2D eigenvalue weighted by molar-refractivity contribution is -0.0698. The Balaban J connectivity index is 1.31. The summed E-state index contributed by atoms with van der Waals surface area (Å²) in [4.78, 5) is 6.71. The van der Waals surface area contributed by atoms with E-state index in [2.05, 4.69) is 39.0 Å². The van der Waals surface area contributed by atoms with Crippen molar-refractivity contribution in [3.8, 4) is 0 Å². The number of aliphatic hydroxyl groups is 1. The van der Waals surface area contributed by atoms with Crippen LogP contribution < -0.4 is 0 Å². The second-order valence-electron chi connectivity index (χ2n) is 8.43. The minimum Gasteiger partial charge on any atom is -0.390 e. The molecule has 0 spiro atoms. The summed E-state index contributed by atoms with van der Waals surface area (Å²) in [6.45, 7) is 7.35. The standard InChI is InChI=1S/C21H31F2N3O2/c22-21(23)4-6-26(7-5-21)19-15-25(16-20(19)27)14-18-3-1-2-17(12-18)13-24-8-10-28-11-9-24/h1-3,12,19-20,27H,4-11,13-16H2/t19-,20-/m0/s1. The van der Waals surface area contributed by atoms with Crippen LogP contribution in [-0.2, 0) is 17.8 Å². The summed E-state index contributed by atoms with van der Waals surface area (Å²) in [5, 5.41) is 10.5.